The highest BCUT2D eigenvalue weighted by atomic mass is 35.5. The lowest BCUT2D eigenvalue weighted by Gasteiger charge is -2.30. The van der Waals surface area contributed by atoms with Crippen molar-refractivity contribution in [3.63, 3.8) is 0 Å². The van der Waals surface area contributed by atoms with Crippen molar-refractivity contribution in [2.75, 3.05) is 6.54 Å². The molecule has 1 aromatic carbocycles. The molecule has 0 saturated carbocycles. The number of halogens is 2. The van der Waals surface area contributed by atoms with Crippen LogP contribution >= 0.6 is 12.4 Å². The van der Waals surface area contributed by atoms with Gasteiger partial charge in [0.1, 0.15) is 5.82 Å². The molecule has 2 unspecified atom stereocenters. The van der Waals surface area contributed by atoms with E-state index in [4.69, 9.17) is 0 Å². The van der Waals surface area contributed by atoms with Crippen LogP contribution in [0.15, 0.2) is 24.4 Å². The fourth-order valence-corrected chi connectivity index (χ4v) is 3.00. The summed E-state index contributed by atoms with van der Waals surface area (Å²) in [6.07, 6.45) is 3.24. The number of rotatable bonds is 3. The Bertz CT molecular complexity index is 765. The minimum Gasteiger partial charge on any atom is -0.504 e. The molecule has 1 aliphatic heterocycles. The topological polar surface area (TPSA) is 79.2 Å². The monoisotopic (exact) mass is 368 g/mol. The summed E-state index contributed by atoms with van der Waals surface area (Å²) in [6, 6.07) is 4.43. The van der Waals surface area contributed by atoms with E-state index in [0.29, 0.717) is 11.3 Å². The number of hydrogen-bond donors (Lipinski definition) is 3. The van der Waals surface area contributed by atoms with Gasteiger partial charge >= 0.3 is 0 Å². The smallest absolute Gasteiger partial charge is 0.275 e. The Kier molecular flexibility index (Phi) is 6.02. The molecule has 1 aromatic heterocycles. The zero-order valence-electron chi connectivity index (χ0n) is 14.1. The molecule has 1 aliphatic rings. The summed E-state index contributed by atoms with van der Waals surface area (Å²) >= 11 is 0. The number of aryl methyl sites for hydroxylation is 1. The predicted octanol–water partition coefficient (Wildman–Crippen LogP) is 2.32. The molecule has 1 fully saturated rings. The Hall–Kier alpha value is -2.12. The lowest BCUT2D eigenvalue weighted by molar-refractivity contribution is 0.0911. The molecule has 0 aliphatic carbocycles. The Balaban J connectivity index is 0.00000225. The van der Waals surface area contributed by atoms with Gasteiger partial charge in [-0.25, -0.2) is 9.07 Å². The SMILES string of the molecule is Cc1cc(F)ccc1-n1cc(O)c(C(=O)NC2CCCNC2C)n1.Cl. The van der Waals surface area contributed by atoms with E-state index < -0.39 is 5.91 Å². The van der Waals surface area contributed by atoms with Crippen LogP contribution in [-0.4, -0.2) is 39.4 Å². The van der Waals surface area contributed by atoms with Crippen molar-refractivity contribution in [3.05, 3.63) is 41.5 Å². The van der Waals surface area contributed by atoms with E-state index >= 15 is 0 Å². The molecule has 0 radical (unpaired) electrons. The van der Waals surface area contributed by atoms with Gasteiger partial charge in [-0.3, -0.25) is 4.79 Å². The number of benzene rings is 1. The minimum absolute atomic E-state index is 0. The first-order valence-electron chi connectivity index (χ1n) is 8.05. The normalized spacial score (nSPS) is 20.0. The second-order valence-corrected chi connectivity index (χ2v) is 6.20. The second-order valence-electron chi connectivity index (χ2n) is 6.20. The highest BCUT2D eigenvalue weighted by Crippen LogP contribution is 2.21. The average molecular weight is 369 g/mol. The molecule has 0 bridgehead atoms. The molecule has 3 rings (SSSR count). The van der Waals surface area contributed by atoms with Crippen LogP contribution in [0, 0.1) is 12.7 Å². The number of nitrogens with one attached hydrogen (secondary N) is 2. The fourth-order valence-electron chi connectivity index (χ4n) is 3.00. The Morgan fingerprint density at radius 1 is 1.48 bits per heavy atom. The van der Waals surface area contributed by atoms with Gasteiger partial charge in [0.25, 0.3) is 5.91 Å². The lowest BCUT2D eigenvalue weighted by Crippen LogP contribution is -2.52. The van der Waals surface area contributed by atoms with Crippen LogP contribution < -0.4 is 10.6 Å². The van der Waals surface area contributed by atoms with Crippen molar-refractivity contribution in [1.29, 1.82) is 0 Å². The summed E-state index contributed by atoms with van der Waals surface area (Å²) in [4.78, 5) is 12.4. The number of amides is 1. The maximum atomic E-state index is 13.2. The van der Waals surface area contributed by atoms with Gasteiger partial charge in [0.15, 0.2) is 11.4 Å². The molecule has 3 N–H and O–H groups in total. The number of aromatic nitrogens is 2. The molecule has 2 heterocycles. The van der Waals surface area contributed by atoms with Crippen LogP contribution in [0.4, 0.5) is 4.39 Å². The van der Waals surface area contributed by atoms with Crippen molar-refractivity contribution in [2.45, 2.75) is 38.8 Å². The summed E-state index contributed by atoms with van der Waals surface area (Å²) < 4.78 is 14.6. The van der Waals surface area contributed by atoms with Crippen LogP contribution in [-0.2, 0) is 0 Å². The quantitative estimate of drug-likeness (QED) is 0.776. The molecule has 1 amide bonds. The lowest BCUT2D eigenvalue weighted by atomic mass is 10.00. The molecule has 136 valence electrons. The predicted molar refractivity (Wildman–Crippen MR) is 95.1 cm³/mol. The van der Waals surface area contributed by atoms with Crippen LogP contribution in [0.25, 0.3) is 5.69 Å². The summed E-state index contributed by atoms with van der Waals surface area (Å²) in [7, 11) is 0. The molecule has 1 saturated heterocycles. The summed E-state index contributed by atoms with van der Waals surface area (Å²) in [5.74, 6) is -0.955. The van der Waals surface area contributed by atoms with Crippen molar-refractivity contribution in [2.24, 2.45) is 0 Å². The third-order valence-corrected chi connectivity index (χ3v) is 4.39. The Labute approximate surface area is 151 Å². The van der Waals surface area contributed by atoms with E-state index in [1.54, 1.807) is 13.0 Å². The van der Waals surface area contributed by atoms with Gasteiger partial charge in [-0.05, 0) is 57.0 Å². The number of hydrogen-bond acceptors (Lipinski definition) is 4. The molecule has 6 nitrogen and oxygen atoms in total. The number of carbonyl (C=O) groups excluding carboxylic acids is 1. The molecule has 8 heteroatoms. The van der Waals surface area contributed by atoms with Gasteiger partial charge in [-0.2, -0.15) is 5.10 Å². The third-order valence-electron chi connectivity index (χ3n) is 4.39. The van der Waals surface area contributed by atoms with E-state index in [0.717, 1.165) is 19.4 Å². The van der Waals surface area contributed by atoms with Crippen molar-refractivity contribution >= 4 is 18.3 Å². The van der Waals surface area contributed by atoms with Gasteiger partial charge < -0.3 is 15.7 Å². The number of nitrogens with zero attached hydrogens (tertiary/aromatic N) is 2. The highest BCUT2D eigenvalue weighted by Gasteiger charge is 2.25. The van der Waals surface area contributed by atoms with E-state index in [9.17, 15) is 14.3 Å². The molecule has 0 spiro atoms. The second kappa shape index (κ2) is 7.84. The molecule has 2 atom stereocenters. The largest absolute Gasteiger partial charge is 0.504 e. The van der Waals surface area contributed by atoms with E-state index in [2.05, 4.69) is 15.7 Å². The first-order valence-corrected chi connectivity index (χ1v) is 8.05. The van der Waals surface area contributed by atoms with Crippen LogP contribution in [0.2, 0.25) is 0 Å². The van der Waals surface area contributed by atoms with Gasteiger partial charge in [0.05, 0.1) is 11.9 Å². The molecular formula is C17H22ClFN4O2. The molecule has 25 heavy (non-hydrogen) atoms. The Morgan fingerprint density at radius 2 is 2.24 bits per heavy atom. The zero-order valence-corrected chi connectivity index (χ0v) is 14.9. The van der Waals surface area contributed by atoms with Crippen LogP contribution in [0.1, 0.15) is 35.8 Å². The number of carbonyl (C=O) groups is 1. The summed E-state index contributed by atoms with van der Waals surface area (Å²) in [5, 5.41) is 20.5. The maximum absolute atomic E-state index is 13.2. The Morgan fingerprint density at radius 3 is 2.92 bits per heavy atom. The first-order chi connectivity index (χ1) is 11.5. The van der Waals surface area contributed by atoms with E-state index in [-0.39, 0.29) is 41.8 Å². The summed E-state index contributed by atoms with van der Waals surface area (Å²) in [6.45, 7) is 4.70. The molecular weight excluding hydrogens is 347 g/mol. The number of aromatic hydroxyl groups is 1. The van der Waals surface area contributed by atoms with Gasteiger partial charge in [-0.15, -0.1) is 12.4 Å². The van der Waals surface area contributed by atoms with Crippen molar-refractivity contribution in [3.8, 4) is 11.4 Å². The fraction of sp³-hybridized carbons (Fsp3) is 0.412. The highest BCUT2D eigenvalue weighted by molar-refractivity contribution is 5.95. The van der Waals surface area contributed by atoms with Gasteiger partial charge in [-0.1, -0.05) is 0 Å². The number of piperidine rings is 1. The van der Waals surface area contributed by atoms with Crippen molar-refractivity contribution in [1.82, 2.24) is 20.4 Å². The van der Waals surface area contributed by atoms with Crippen molar-refractivity contribution < 1.29 is 14.3 Å². The minimum atomic E-state index is -0.411. The molecule has 2 aromatic rings. The van der Waals surface area contributed by atoms with Crippen LogP contribution in [0.5, 0.6) is 5.75 Å². The maximum Gasteiger partial charge on any atom is 0.275 e. The van der Waals surface area contributed by atoms with E-state index in [1.165, 1.54) is 23.0 Å². The van der Waals surface area contributed by atoms with E-state index in [1.807, 2.05) is 6.92 Å². The van der Waals surface area contributed by atoms with Crippen LogP contribution in [0.3, 0.4) is 0 Å². The van der Waals surface area contributed by atoms with Gasteiger partial charge in [0.2, 0.25) is 0 Å². The van der Waals surface area contributed by atoms with Gasteiger partial charge in [0, 0.05) is 12.1 Å². The first kappa shape index (κ1) is 19.2. The standard InChI is InChI=1S/C17H21FN4O2.ClH/c1-10-8-12(18)5-6-14(10)22-9-15(23)16(21-22)17(24)20-13-4-3-7-19-11(13)2;/h5-6,8-9,11,13,19,23H,3-4,7H2,1-2H3,(H,20,24);1H. The zero-order chi connectivity index (χ0) is 17.3. The third kappa shape index (κ3) is 4.11. The summed E-state index contributed by atoms with van der Waals surface area (Å²) in [5.41, 5.74) is 1.24. The average Bonchev–Trinajstić information content (AvgIpc) is 2.91.